The Balaban J connectivity index is 1.75. The zero-order valence-electron chi connectivity index (χ0n) is 11.4. The van der Waals surface area contributed by atoms with Gasteiger partial charge in [-0.15, -0.1) is 0 Å². The van der Waals surface area contributed by atoms with Crippen LogP contribution in [0.5, 0.6) is 0 Å². The molecule has 0 aromatic heterocycles. The van der Waals surface area contributed by atoms with E-state index in [2.05, 4.69) is 52.4 Å². The van der Waals surface area contributed by atoms with Crippen LogP contribution in [-0.2, 0) is 11.2 Å². The molecule has 1 saturated heterocycles. The molecule has 1 aliphatic rings. The fraction of sp³-hybridized carbons (Fsp3) is 0.533. The monoisotopic (exact) mass is 324 g/mol. The Hall–Kier alpha value is -0.870. The van der Waals surface area contributed by atoms with Gasteiger partial charge < -0.3 is 10.2 Å². The van der Waals surface area contributed by atoms with Crippen molar-refractivity contribution in [3.05, 3.63) is 34.3 Å². The molecule has 104 valence electrons. The molecule has 1 heterocycles. The molecule has 19 heavy (non-hydrogen) atoms. The smallest absolute Gasteiger partial charge is 0.222 e. The summed E-state index contributed by atoms with van der Waals surface area (Å²) < 4.78 is 1.10. The molecular weight excluding hydrogens is 304 g/mol. The third-order valence-corrected chi connectivity index (χ3v) is 4.12. The van der Waals surface area contributed by atoms with Gasteiger partial charge in [0.1, 0.15) is 0 Å². The molecule has 1 aliphatic heterocycles. The first-order chi connectivity index (χ1) is 9.16. The summed E-state index contributed by atoms with van der Waals surface area (Å²) >= 11 is 3.43. The van der Waals surface area contributed by atoms with Gasteiger partial charge in [-0.3, -0.25) is 4.79 Å². The molecule has 1 fully saturated rings. The fourth-order valence-electron chi connectivity index (χ4n) is 2.45. The highest BCUT2D eigenvalue weighted by atomic mass is 79.9. The lowest BCUT2D eigenvalue weighted by atomic mass is 10.1. The highest BCUT2D eigenvalue weighted by molar-refractivity contribution is 9.10. The van der Waals surface area contributed by atoms with Crippen molar-refractivity contribution in [2.75, 3.05) is 19.6 Å². The molecule has 0 aliphatic carbocycles. The second kappa shape index (κ2) is 7.06. The Morgan fingerprint density at radius 3 is 2.84 bits per heavy atom. The first-order valence-corrected chi connectivity index (χ1v) is 7.71. The minimum absolute atomic E-state index is 0.297. The number of hydrogen-bond donors (Lipinski definition) is 1. The van der Waals surface area contributed by atoms with Crippen LogP contribution in [0, 0.1) is 0 Å². The number of nitrogens with one attached hydrogen (secondary N) is 1. The summed E-state index contributed by atoms with van der Waals surface area (Å²) in [5, 5.41) is 3.31. The van der Waals surface area contributed by atoms with Gasteiger partial charge in [0, 0.05) is 36.6 Å². The summed E-state index contributed by atoms with van der Waals surface area (Å²) in [6, 6.07) is 8.66. The van der Waals surface area contributed by atoms with E-state index in [1.807, 2.05) is 4.90 Å². The van der Waals surface area contributed by atoms with Crippen LogP contribution in [0.15, 0.2) is 28.7 Å². The van der Waals surface area contributed by atoms with Gasteiger partial charge >= 0.3 is 0 Å². The molecule has 1 unspecified atom stereocenters. The molecule has 0 radical (unpaired) electrons. The van der Waals surface area contributed by atoms with Crippen molar-refractivity contribution in [2.45, 2.75) is 32.2 Å². The van der Waals surface area contributed by atoms with E-state index in [9.17, 15) is 4.79 Å². The highest BCUT2D eigenvalue weighted by Crippen LogP contribution is 2.13. The highest BCUT2D eigenvalue weighted by Gasteiger charge is 2.22. The van der Waals surface area contributed by atoms with Crippen LogP contribution in [0.4, 0.5) is 0 Å². The molecule has 3 nitrogen and oxygen atoms in total. The number of nitrogens with zero attached hydrogens (tertiary/aromatic N) is 1. The topological polar surface area (TPSA) is 32.3 Å². The zero-order chi connectivity index (χ0) is 13.7. The van der Waals surface area contributed by atoms with Crippen molar-refractivity contribution < 1.29 is 4.79 Å². The molecule has 0 bridgehead atoms. The first kappa shape index (κ1) is 14.5. The average molecular weight is 325 g/mol. The van der Waals surface area contributed by atoms with Crippen LogP contribution >= 0.6 is 15.9 Å². The van der Waals surface area contributed by atoms with Crippen molar-refractivity contribution in [2.24, 2.45) is 0 Å². The summed E-state index contributed by atoms with van der Waals surface area (Å²) in [6.07, 6.45) is 2.55. The maximum Gasteiger partial charge on any atom is 0.222 e. The first-order valence-electron chi connectivity index (χ1n) is 6.91. The number of halogens is 1. The quantitative estimate of drug-likeness (QED) is 0.923. The number of carbonyl (C=O) groups excluding carboxylic acids is 1. The van der Waals surface area contributed by atoms with Gasteiger partial charge in [-0.05, 0) is 37.5 Å². The SMILES string of the molecule is CC1CNCCN1C(=O)CCCc1ccc(Br)cc1. The third-order valence-electron chi connectivity index (χ3n) is 3.59. The normalized spacial score (nSPS) is 19.5. The van der Waals surface area contributed by atoms with Gasteiger partial charge in [-0.1, -0.05) is 28.1 Å². The number of hydrogen-bond acceptors (Lipinski definition) is 2. The van der Waals surface area contributed by atoms with Crippen molar-refractivity contribution in [1.29, 1.82) is 0 Å². The van der Waals surface area contributed by atoms with Crippen LogP contribution in [0.3, 0.4) is 0 Å². The third kappa shape index (κ3) is 4.32. The van der Waals surface area contributed by atoms with Gasteiger partial charge in [0.15, 0.2) is 0 Å². The summed E-state index contributed by atoms with van der Waals surface area (Å²) in [5.74, 6) is 0.297. The Kier molecular flexibility index (Phi) is 5.40. The molecule has 2 rings (SSSR count). The average Bonchev–Trinajstić information content (AvgIpc) is 2.41. The zero-order valence-corrected chi connectivity index (χ0v) is 12.9. The van der Waals surface area contributed by atoms with Crippen LogP contribution in [0.2, 0.25) is 0 Å². The van der Waals surface area contributed by atoms with Crippen LogP contribution in [0.1, 0.15) is 25.3 Å². The van der Waals surface area contributed by atoms with Crippen molar-refractivity contribution >= 4 is 21.8 Å². The number of rotatable bonds is 4. The standard InChI is InChI=1S/C15H21BrN2O/c1-12-11-17-9-10-18(12)15(19)4-2-3-13-5-7-14(16)8-6-13/h5-8,12,17H,2-4,9-11H2,1H3. The summed E-state index contributed by atoms with van der Waals surface area (Å²) in [6.45, 7) is 4.79. The summed E-state index contributed by atoms with van der Waals surface area (Å²) in [4.78, 5) is 14.2. The van der Waals surface area contributed by atoms with E-state index in [4.69, 9.17) is 0 Å². The second-order valence-corrected chi connectivity index (χ2v) is 6.04. The number of amides is 1. The maximum absolute atomic E-state index is 12.1. The minimum Gasteiger partial charge on any atom is -0.337 e. The van der Waals surface area contributed by atoms with Crippen molar-refractivity contribution in [1.82, 2.24) is 10.2 Å². The van der Waals surface area contributed by atoms with Crippen LogP contribution in [0.25, 0.3) is 0 Å². The van der Waals surface area contributed by atoms with E-state index in [1.165, 1.54) is 5.56 Å². The molecule has 1 atom stereocenters. The molecular formula is C15H21BrN2O. The molecule has 1 aromatic rings. The molecule has 1 amide bonds. The fourth-order valence-corrected chi connectivity index (χ4v) is 2.71. The molecule has 0 saturated carbocycles. The lowest BCUT2D eigenvalue weighted by molar-refractivity contribution is -0.134. The van der Waals surface area contributed by atoms with Gasteiger partial charge in [0.05, 0.1) is 0 Å². The van der Waals surface area contributed by atoms with Crippen LogP contribution in [-0.4, -0.2) is 36.5 Å². The van der Waals surface area contributed by atoms with E-state index < -0.39 is 0 Å². The Morgan fingerprint density at radius 1 is 1.42 bits per heavy atom. The maximum atomic E-state index is 12.1. The van der Waals surface area contributed by atoms with Gasteiger partial charge in [0.25, 0.3) is 0 Å². The molecule has 1 aromatic carbocycles. The van der Waals surface area contributed by atoms with Gasteiger partial charge in [0.2, 0.25) is 5.91 Å². The lowest BCUT2D eigenvalue weighted by Gasteiger charge is -2.34. The number of benzene rings is 1. The Bertz CT molecular complexity index is 419. The van der Waals surface area contributed by atoms with E-state index in [1.54, 1.807) is 0 Å². The number of aryl methyl sites for hydroxylation is 1. The van der Waals surface area contributed by atoms with Crippen molar-refractivity contribution in [3.63, 3.8) is 0 Å². The molecule has 1 N–H and O–H groups in total. The largest absolute Gasteiger partial charge is 0.337 e. The summed E-state index contributed by atoms with van der Waals surface area (Å²) in [7, 11) is 0. The Labute approximate surface area is 123 Å². The van der Waals surface area contributed by atoms with Gasteiger partial charge in [-0.25, -0.2) is 0 Å². The Morgan fingerprint density at radius 2 is 2.16 bits per heavy atom. The van der Waals surface area contributed by atoms with E-state index in [0.29, 0.717) is 18.4 Å². The van der Waals surface area contributed by atoms with Gasteiger partial charge in [-0.2, -0.15) is 0 Å². The van der Waals surface area contributed by atoms with E-state index in [-0.39, 0.29) is 0 Å². The number of carbonyl (C=O) groups is 1. The van der Waals surface area contributed by atoms with E-state index >= 15 is 0 Å². The lowest BCUT2D eigenvalue weighted by Crippen LogP contribution is -2.52. The number of piperazine rings is 1. The van der Waals surface area contributed by atoms with E-state index in [0.717, 1.165) is 36.9 Å². The predicted octanol–water partition coefficient (Wildman–Crippen LogP) is 2.59. The summed E-state index contributed by atoms with van der Waals surface area (Å²) in [5.41, 5.74) is 1.30. The molecule has 4 heteroatoms. The minimum atomic E-state index is 0.297. The second-order valence-electron chi connectivity index (χ2n) is 5.12. The van der Waals surface area contributed by atoms with Crippen molar-refractivity contribution in [3.8, 4) is 0 Å². The predicted molar refractivity (Wildman–Crippen MR) is 81.1 cm³/mol. The van der Waals surface area contributed by atoms with Crippen LogP contribution < -0.4 is 5.32 Å². The molecule has 0 spiro atoms.